The Labute approximate surface area is 237 Å². The molecule has 13 heteroatoms. The maximum atomic E-state index is 13.6. The Hall–Kier alpha value is -2.67. The number of hydrogen-bond acceptors (Lipinski definition) is 7. The second-order valence-electron chi connectivity index (χ2n) is 12.4. The van der Waals surface area contributed by atoms with Gasteiger partial charge < -0.3 is 20.3 Å². The number of ether oxygens (including phenoxy) is 1. The molecule has 0 unspecified atom stereocenters. The molecule has 2 heterocycles. The second-order valence-corrected chi connectivity index (χ2v) is 13.9. The van der Waals surface area contributed by atoms with Crippen molar-refractivity contribution in [2.75, 3.05) is 13.1 Å². The van der Waals surface area contributed by atoms with Gasteiger partial charge in [0.25, 0.3) is 5.91 Å². The molecule has 0 aromatic heterocycles. The first-order chi connectivity index (χ1) is 18.6. The highest BCUT2D eigenvalue weighted by Gasteiger charge is 2.61. The van der Waals surface area contributed by atoms with Crippen LogP contribution in [0, 0.1) is 11.8 Å². The molecule has 12 nitrogen and oxygen atoms in total. The van der Waals surface area contributed by atoms with Crippen LogP contribution < -0.4 is 20.1 Å². The Kier molecular flexibility index (Phi) is 10.3. The average molecular weight is 584 g/mol. The van der Waals surface area contributed by atoms with E-state index in [4.69, 9.17) is 4.74 Å². The summed E-state index contributed by atoms with van der Waals surface area (Å²) in [6.45, 7) is 9.38. The molecule has 4 atom stereocenters. The number of rotatable bonds is 6. The standard InChI is InChI=1S/C27H45N5O7S/c1-18(2)17-28-40(37,38)31-24(35)27-16-19(27)12-9-7-6-8-10-13-20(29-25(36)39-26(3,4)5)23(34)32-15-11-14-21(32)22(33)30-27/h9,12,18-21,28H,6-8,10-11,13-17H2,1-5H3,(H,29,36)(H,30,33)(H,31,35)/t19-,20+,21+,27-/m1/s1. The van der Waals surface area contributed by atoms with Crippen LogP contribution in [0.15, 0.2) is 12.2 Å². The summed E-state index contributed by atoms with van der Waals surface area (Å²) in [5.74, 6) is -2.03. The van der Waals surface area contributed by atoms with E-state index in [2.05, 4.69) is 20.1 Å². The summed E-state index contributed by atoms with van der Waals surface area (Å²) in [7, 11) is -4.12. The number of nitrogens with zero attached hydrogens (tertiary/aromatic N) is 1. The molecule has 40 heavy (non-hydrogen) atoms. The van der Waals surface area contributed by atoms with Crippen LogP contribution in [0.1, 0.15) is 86.0 Å². The highest BCUT2D eigenvalue weighted by molar-refractivity contribution is 7.88. The zero-order valence-corrected chi connectivity index (χ0v) is 25.1. The van der Waals surface area contributed by atoms with Crippen LogP contribution in [0.2, 0.25) is 0 Å². The third-order valence-electron chi connectivity index (χ3n) is 7.23. The normalized spacial score (nSPS) is 28.1. The Bertz CT molecular complexity index is 1100. The van der Waals surface area contributed by atoms with Crippen LogP contribution in [0.4, 0.5) is 4.79 Å². The molecule has 0 radical (unpaired) electrons. The minimum Gasteiger partial charge on any atom is -0.444 e. The van der Waals surface area contributed by atoms with Gasteiger partial charge in [0.1, 0.15) is 23.2 Å². The van der Waals surface area contributed by atoms with Crippen molar-refractivity contribution in [3.8, 4) is 0 Å². The number of alkyl carbamates (subject to hydrolysis) is 1. The summed E-state index contributed by atoms with van der Waals surface area (Å²) in [6, 6.07) is -1.70. The van der Waals surface area contributed by atoms with Crippen molar-refractivity contribution in [3.05, 3.63) is 12.2 Å². The van der Waals surface area contributed by atoms with E-state index in [1.54, 1.807) is 20.8 Å². The third-order valence-corrected chi connectivity index (χ3v) is 8.24. The molecule has 0 spiro atoms. The average Bonchev–Trinajstić information content (AvgIpc) is 3.29. The topological polar surface area (TPSA) is 163 Å². The minimum atomic E-state index is -4.12. The summed E-state index contributed by atoms with van der Waals surface area (Å²) in [4.78, 5) is 54.4. The van der Waals surface area contributed by atoms with Crippen molar-refractivity contribution in [1.82, 2.24) is 25.0 Å². The lowest BCUT2D eigenvalue weighted by atomic mass is 10.0. The van der Waals surface area contributed by atoms with Gasteiger partial charge in [-0.3, -0.25) is 14.4 Å². The Morgan fingerprint density at radius 1 is 1.15 bits per heavy atom. The monoisotopic (exact) mass is 583 g/mol. The second kappa shape index (κ2) is 12.9. The predicted molar refractivity (Wildman–Crippen MR) is 149 cm³/mol. The van der Waals surface area contributed by atoms with Gasteiger partial charge in [-0.05, 0) is 65.2 Å². The number of carbonyl (C=O) groups excluding carboxylic acids is 4. The smallest absolute Gasteiger partial charge is 0.408 e. The van der Waals surface area contributed by atoms with E-state index < -0.39 is 51.3 Å². The number of carbonyl (C=O) groups is 4. The fraction of sp³-hybridized carbons (Fsp3) is 0.778. The number of amides is 4. The van der Waals surface area contributed by atoms with Gasteiger partial charge in [-0.15, -0.1) is 0 Å². The largest absolute Gasteiger partial charge is 0.444 e. The molecule has 4 amide bonds. The van der Waals surface area contributed by atoms with Crippen molar-refractivity contribution < 1.29 is 32.3 Å². The summed E-state index contributed by atoms with van der Waals surface area (Å²) in [6.07, 6.45) is 7.82. The maximum absolute atomic E-state index is 13.6. The lowest BCUT2D eigenvalue weighted by Gasteiger charge is -2.30. The lowest BCUT2D eigenvalue weighted by Crippen LogP contribution is -2.59. The maximum Gasteiger partial charge on any atom is 0.408 e. The number of allylic oxidation sites excluding steroid dienone is 1. The van der Waals surface area contributed by atoms with E-state index in [0.29, 0.717) is 32.2 Å². The molecule has 3 rings (SSSR count). The lowest BCUT2D eigenvalue weighted by molar-refractivity contribution is -0.141. The molecule has 4 N–H and O–H groups in total. The molecular formula is C27H45N5O7S. The van der Waals surface area contributed by atoms with Crippen molar-refractivity contribution in [2.24, 2.45) is 11.8 Å². The fourth-order valence-corrected chi connectivity index (χ4v) is 6.12. The van der Waals surface area contributed by atoms with E-state index in [1.165, 1.54) is 4.90 Å². The number of hydrogen-bond donors (Lipinski definition) is 4. The molecular weight excluding hydrogens is 538 g/mol. The molecule has 226 valence electrons. The first kappa shape index (κ1) is 31.9. The van der Waals surface area contributed by atoms with Gasteiger partial charge >= 0.3 is 16.3 Å². The molecule has 2 aliphatic heterocycles. The zero-order valence-electron chi connectivity index (χ0n) is 24.2. The third kappa shape index (κ3) is 8.66. The van der Waals surface area contributed by atoms with E-state index in [9.17, 15) is 27.6 Å². The van der Waals surface area contributed by atoms with Crippen molar-refractivity contribution in [3.63, 3.8) is 0 Å². The number of fused-ring (bicyclic) bond motifs is 2. The van der Waals surface area contributed by atoms with Gasteiger partial charge in [0.05, 0.1) is 0 Å². The van der Waals surface area contributed by atoms with Crippen LogP contribution in [0.3, 0.4) is 0 Å². The quantitative estimate of drug-likeness (QED) is 0.347. The van der Waals surface area contributed by atoms with Crippen LogP contribution in [0.25, 0.3) is 0 Å². The Balaban J connectivity index is 1.81. The molecule has 1 aliphatic carbocycles. The molecule has 3 aliphatic rings. The first-order valence-corrected chi connectivity index (χ1v) is 15.7. The highest BCUT2D eigenvalue weighted by atomic mass is 32.2. The molecule has 1 saturated heterocycles. The highest BCUT2D eigenvalue weighted by Crippen LogP contribution is 2.45. The van der Waals surface area contributed by atoms with Crippen LogP contribution in [0.5, 0.6) is 0 Å². The predicted octanol–water partition coefficient (Wildman–Crippen LogP) is 1.87. The van der Waals surface area contributed by atoms with Crippen molar-refractivity contribution >= 4 is 34.0 Å². The van der Waals surface area contributed by atoms with Crippen LogP contribution in [-0.2, 0) is 29.3 Å². The van der Waals surface area contributed by atoms with E-state index in [-0.39, 0.29) is 30.7 Å². The Morgan fingerprint density at radius 3 is 2.55 bits per heavy atom. The molecule has 1 saturated carbocycles. The van der Waals surface area contributed by atoms with Gasteiger partial charge in [-0.2, -0.15) is 13.1 Å². The molecule has 0 aromatic rings. The summed E-state index contributed by atoms with van der Waals surface area (Å²) < 4.78 is 34.8. The van der Waals surface area contributed by atoms with Gasteiger partial charge in [0, 0.05) is 19.0 Å². The summed E-state index contributed by atoms with van der Waals surface area (Å²) in [5.41, 5.74) is -2.16. The van der Waals surface area contributed by atoms with Crippen LogP contribution in [-0.4, -0.2) is 73.4 Å². The zero-order chi connectivity index (χ0) is 29.7. The van der Waals surface area contributed by atoms with Gasteiger partial charge in [-0.25, -0.2) is 9.52 Å². The van der Waals surface area contributed by atoms with Crippen molar-refractivity contribution in [2.45, 2.75) is 109 Å². The van der Waals surface area contributed by atoms with Gasteiger partial charge in [0.2, 0.25) is 11.8 Å². The molecule has 0 aromatic carbocycles. The molecule has 2 fully saturated rings. The van der Waals surface area contributed by atoms with Crippen molar-refractivity contribution in [1.29, 1.82) is 0 Å². The van der Waals surface area contributed by atoms with Crippen LogP contribution >= 0.6 is 0 Å². The van der Waals surface area contributed by atoms with Gasteiger partial charge in [0.15, 0.2) is 0 Å². The Morgan fingerprint density at radius 2 is 1.88 bits per heavy atom. The summed E-state index contributed by atoms with van der Waals surface area (Å²) >= 11 is 0. The summed E-state index contributed by atoms with van der Waals surface area (Å²) in [5, 5.41) is 5.50. The number of nitrogens with one attached hydrogen (secondary N) is 4. The SMILES string of the molecule is CC(C)CNS(=O)(=O)NC(=O)[C@@]12C[C@H]1C=CCCCCC[C@H](NC(=O)OC(C)(C)C)C(=O)N1CCC[C@H]1C(=O)N2. The van der Waals surface area contributed by atoms with E-state index >= 15 is 0 Å². The fourth-order valence-electron chi connectivity index (χ4n) is 5.07. The first-order valence-electron chi connectivity index (χ1n) is 14.2. The molecule has 0 bridgehead atoms. The van der Waals surface area contributed by atoms with E-state index in [1.807, 2.05) is 26.0 Å². The van der Waals surface area contributed by atoms with Gasteiger partial charge in [-0.1, -0.05) is 38.8 Å². The van der Waals surface area contributed by atoms with E-state index in [0.717, 1.165) is 19.3 Å². The minimum absolute atomic E-state index is 0.0408.